The highest BCUT2D eigenvalue weighted by Crippen LogP contribution is 2.28. The Kier molecular flexibility index (Phi) is 8.18. The van der Waals surface area contributed by atoms with Crippen LogP contribution >= 0.6 is 0 Å². The van der Waals surface area contributed by atoms with Gasteiger partial charge in [-0.1, -0.05) is 73.2 Å². The van der Waals surface area contributed by atoms with Crippen molar-refractivity contribution in [2.24, 2.45) is 0 Å². The lowest BCUT2D eigenvalue weighted by atomic mass is 9.90. The van der Waals surface area contributed by atoms with Gasteiger partial charge >= 0.3 is 0 Å². The summed E-state index contributed by atoms with van der Waals surface area (Å²) in [6.07, 6.45) is 5.61. The smallest absolute Gasteiger partial charge is 0.243 e. The summed E-state index contributed by atoms with van der Waals surface area (Å²) in [6.45, 7) is 4.24. The molecule has 0 aliphatic carbocycles. The molecule has 0 N–H and O–H groups in total. The summed E-state index contributed by atoms with van der Waals surface area (Å²) in [4.78, 5) is 15.7. The fraction of sp³-hybridized carbons (Fsp3) is 0.387. The molecule has 37 heavy (non-hydrogen) atoms. The summed E-state index contributed by atoms with van der Waals surface area (Å²) in [5.41, 5.74) is 4.16. The van der Waals surface area contributed by atoms with Gasteiger partial charge < -0.3 is 0 Å². The number of likely N-dealkylation sites (tertiary alicyclic amines) is 1. The van der Waals surface area contributed by atoms with E-state index in [2.05, 4.69) is 47.4 Å². The molecular weight excluding hydrogens is 480 g/mol. The van der Waals surface area contributed by atoms with E-state index in [9.17, 15) is 13.2 Å². The minimum atomic E-state index is -3.45. The maximum Gasteiger partial charge on any atom is 0.243 e. The van der Waals surface area contributed by atoms with Crippen LogP contribution in [0, 0.1) is 0 Å². The van der Waals surface area contributed by atoms with Gasteiger partial charge in [-0.05, 0) is 67.0 Å². The van der Waals surface area contributed by atoms with E-state index in [0.717, 1.165) is 44.5 Å². The van der Waals surface area contributed by atoms with Gasteiger partial charge in [0.25, 0.3) is 0 Å². The zero-order valence-corrected chi connectivity index (χ0v) is 22.2. The normalized spacial score (nSPS) is 19.5. The van der Waals surface area contributed by atoms with E-state index in [1.165, 1.54) is 24.0 Å². The number of carbonyl (C=O) groups is 1. The fourth-order valence-electron chi connectivity index (χ4n) is 5.57. The molecule has 2 aliphatic rings. The molecule has 5 rings (SSSR count). The van der Waals surface area contributed by atoms with E-state index in [0.29, 0.717) is 29.5 Å². The lowest BCUT2D eigenvalue weighted by Gasteiger charge is -2.33. The van der Waals surface area contributed by atoms with E-state index < -0.39 is 10.0 Å². The van der Waals surface area contributed by atoms with Crippen molar-refractivity contribution in [2.45, 2.75) is 55.9 Å². The number of ketones is 1. The van der Waals surface area contributed by atoms with Gasteiger partial charge in [-0.2, -0.15) is 4.31 Å². The summed E-state index contributed by atoms with van der Waals surface area (Å²) in [7, 11) is -3.45. The van der Waals surface area contributed by atoms with Gasteiger partial charge in [0.15, 0.2) is 5.78 Å². The first-order valence-corrected chi connectivity index (χ1v) is 14.9. The summed E-state index contributed by atoms with van der Waals surface area (Å²) in [5.74, 6) is 0.623. The van der Waals surface area contributed by atoms with Crippen molar-refractivity contribution in [1.29, 1.82) is 0 Å². The number of benzene rings is 3. The Bertz CT molecular complexity index is 1280. The molecule has 1 unspecified atom stereocenters. The predicted molar refractivity (Wildman–Crippen MR) is 147 cm³/mol. The average molecular weight is 517 g/mol. The topological polar surface area (TPSA) is 57.7 Å². The number of piperidine rings is 2. The van der Waals surface area contributed by atoms with E-state index in [1.807, 2.05) is 12.1 Å². The number of hydrogen-bond acceptors (Lipinski definition) is 4. The van der Waals surface area contributed by atoms with Crippen molar-refractivity contribution >= 4 is 15.8 Å². The Hall–Kier alpha value is -2.80. The van der Waals surface area contributed by atoms with Crippen LogP contribution in [0.25, 0.3) is 0 Å². The Labute approximate surface area is 221 Å². The first-order valence-electron chi connectivity index (χ1n) is 13.5. The van der Waals surface area contributed by atoms with E-state index in [1.54, 1.807) is 28.6 Å². The molecule has 0 spiro atoms. The average Bonchev–Trinajstić information content (AvgIpc) is 2.95. The number of nitrogens with zero attached hydrogens (tertiary/aromatic N) is 2. The molecule has 2 saturated heterocycles. The molecule has 3 aromatic carbocycles. The third kappa shape index (κ3) is 6.38. The highest BCUT2D eigenvalue weighted by Gasteiger charge is 2.26. The van der Waals surface area contributed by atoms with Gasteiger partial charge in [0.1, 0.15) is 0 Å². The van der Waals surface area contributed by atoms with Crippen molar-refractivity contribution in [2.75, 3.05) is 26.2 Å². The predicted octanol–water partition coefficient (Wildman–Crippen LogP) is 5.67. The quantitative estimate of drug-likeness (QED) is 0.362. The lowest BCUT2D eigenvalue weighted by Crippen LogP contribution is -2.35. The standard InChI is InChI=1S/C31H36N2O3S/c34-31(22-25-13-17-30(18-14-25)37(35,36)33-20-5-2-6-21-33)28-15-11-26(12-16-28)23-32-19-7-10-29(24-32)27-8-3-1-4-9-27/h1,3-4,8-9,11-18,29H,2,5-7,10,19-24H2. The SMILES string of the molecule is O=C(Cc1ccc(S(=O)(=O)N2CCCCC2)cc1)c1ccc(CN2CCCC(c3ccccc3)C2)cc1. The van der Waals surface area contributed by atoms with Gasteiger partial charge in [-0.3, -0.25) is 9.69 Å². The second kappa shape index (κ2) is 11.7. The van der Waals surface area contributed by atoms with Crippen LogP contribution in [0.3, 0.4) is 0 Å². The van der Waals surface area contributed by atoms with Crippen LogP contribution < -0.4 is 0 Å². The van der Waals surface area contributed by atoms with Crippen molar-refractivity contribution in [3.8, 4) is 0 Å². The monoisotopic (exact) mass is 516 g/mol. The van der Waals surface area contributed by atoms with Gasteiger partial charge in [-0.15, -0.1) is 0 Å². The number of sulfonamides is 1. The minimum Gasteiger partial charge on any atom is -0.298 e. The van der Waals surface area contributed by atoms with Crippen LogP contribution in [0.5, 0.6) is 0 Å². The number of carbonyl (C=O) groups excluding carboxylic acids is 1. The largest absolute Gasteiger partial charge is 0.298 e. The zero-order valence-electron chi connectivity index (χ0n) is 21.4. The van der Waals surface area contributed by atoms with E-state index in [-0.39, 0.29) is 12.2 Å². The van der Waals surface area contributed by atoms with Gasteiger partial charge in [-0.25, -0.2) is 8.42 Å². The summed E-state index contributed by atoms with van der Waals surface area (Å²) in [5, 5.41) is 0. The van der Waals surface area contributed by atoms with Gasteiger partial charge in [0.2, 0.25) is 10.0 Å². The molecule has 0 bridgehead atoms. The van der Waals surface area contributed by atoms with Crippen LogP contribution in [0.15, 0.2) is 83.8 Å². The molecule has 5 nitrogen and oxygen atoms in total. The molecule has 0 radical (unpaired) electrons. The molecular formula is C31H36N2O3S. The Balaban J connectivity index is 1.16. The molecule has 0 amide bonds. The molecule has 1 atom stereocenters. The van der Waals surface area contributed by atoms with E-state index >= 15 is 0 Å². The van der Waals surface area contributed by atoms with Crippen molar-refractivity contribution in [3.63, 3.8) is 0 Å². The highest BCUT2D eigenvalue weighted by molar-refractivity contribution is 7.89. The maximum absolute atomic E-state index is 12.9. The van der Waals surface area contributed by atoms with Crippen molar-refractivity contribution in [3.05, 3.63) is 101 Å². The molecule has 6 heteroatoms. The minimum absolute atomic E-state index is 0.0419. The first kappa shape index (κ1) is 25.8. The number of hydrogen-bond donors (Lipinski definition) is 0. The summed E-state index contributed by atoms with van der Waals surface area (Å²) >= 11 is 0. The van der Waals surface area contributed by atoms with Crippen LogP contribution in [0.2, 0.25) is 0 Å². The first-order chi connectivity index (χ1) is 18.0. The van der Waals surface area contributed by atoms with E-state index in [4.69, 9.17) is 0 Å². The lowest BCUT2D eigenvalue weighted by molar-refractivity contribution is 0.0993. The number of Topliss-reactive ketones (excluding diaryl/α,β-unsaturated/α-hetero) is 1. The van der Waals surface area contributed by atoms with Crippen LogP contribution in [0.1, 0.15) is 65.1 Å². The molecule has 2 aliphatic heterocycles. The van der Waals surface area contributed by atoms with Crippen LogP contribution in [0.4, 0.5) is 0 Å². The third-order valence-electron chi connectivity index (χ3n) is 7.70. The second-order valence-electron chi connectivity index (χ2n) is 10.4. The molecule has 194 valence electrons. The summed E-state index contributed by atoms with van der Waals surface area (Å²) < 4.78 is 27.3. The molecule has 0 saturated carbocycles. The Morgan fingerprint density at radius 1 is 0.757 bits per heavy atom. The fourth-order valence-corrected chi connectivity index (χ4v) is 7.09. The third-order valence-corrected chi connectivity index (χ3v) is 9.61. The molecule has 2 fully saturated rings. The Morgan fingerprint density at radius 3 is 2.14 bits per heavy atom. The molecule has 0 aromatic heterocycles. The maximum atomic E-state index is 12.9. The highest BCUT2D eigenvalue weighted by atomic mass is 32.2. The van der Waals surface area contributed by atoms with Crippen molar-refractivity contribution in [1.82, 2.24) is 9.21 Å². The van der Waals surface area contributed by atoms with Gasteiger partial charge in [0, 0.05) is 38.2 Å². The molecule has 2 heterocycles. The molecule has 3 aromatic rings. The second-order valence-corrected chi connectivity index (χ2v) is 12.3. The summed E-state index contributed by atoms with van der Waals surface area (Å²) in [6, 6.07) is 25.6. The number of rotatable bonds is 8. The van der Waals surface area contributed by atoms with Crippen LogP contribution in [-0.4, -0.2) is 49.6 Å². The van der Waals surface area contributed by atoms with Crippen LogP contribution in [-0.2, 0) is 23.0 Å². The Morgan fingerprint density at radius 2 is 1.43 bits per heavy atom. The zero-order chi connectivity index (χ0) is 25.7. The van der Waals surface area contributed by atoms with Crippen molar-refractivity contribution < 1.29 is 13.2 Å². The van der Waals surface area contributed by atoms with Gasteiger partial charge in [0.05, 0.1) is 4.90 Å².